The summed E-state index contributed by atoms with van der Waals surface area (Å²) in [7, 11) is 1.68. The van der Waals surface area contributed by atoms with Gasteiger partial charge in [-0.2, -0.15) is 0 Å². The molecule has 1 N–H and O–H groups in total. The molecule has 7 nitrogen and oxygen atoms in total. The number of nitrogens with one attached hydrogen (secondary N) is 1. The van der Waals surface area contributed by atoms with Crippen molar-refractivity contribution in [3.05, 3.63) is 22.6 Å². The molecular weight excluding hydrogens is 356 g/mol. The van der Waals surface area contributed by atoms with Gasteiger partial charge in [0.1, 0.15) is 10.3 Å². The second kappa shape index (κ2) is 9.16. The lowest BCUT2D eigenvalue weighted by atomic mass is 10.2. The molecule has 0 aliphatic rings. The average molecular weight is 373 g/mol. The number of aromatic nitrogens is 1. The first-order valence-electron chi connectivity index (χ1n) is 6.53. The Bertz CT molecular complexity index is 639. The summed E-state index contributed by atoms with van der Waals surface area (Å²) in [5.74, 6) is -0.673. The number of methoxy groups -OCH3 is 1. The van der Waals surface area contributed by atoms with Crippen molar-refractivity contribution in [2.45, 2.75) is 13.8 Å². The predicted octanol–water partition coefficient (Wildman–Crippen LogP) is 2.99. The van der Waals surface area contributed by atoms with Crippen LogP contribution in [0.15, 0.2) is 21.3 Å². The fourth-order valence-corrected chi connectivity index (χ4v) is 1.85. The molecule has 2 aromatic rings. The van der Waals surface area contributed by atoms with Gasteiger partial charge in [0, 0.05) is 19.1 Å². The molecule has 0 aromatic carbocycles. The number of carbonyl (C=O) groups is 2. The monoisotopic (exact) mass is 372 g/mol. The van der Waals surface area contributed by atoms with Crippen molar-refractivity contribution in [3.8, 4) is 0 Å². The van der Waals surface area contributed by atoms with Crippen LogP contribution in [-0.4, -0.2) is 37.7 Å². The first kappa shape index (κ1) is 18.1. The standard InChI is InChI=1S/C11H9BrN2O4.C3H8O/c1-2-17-11(16)10-9(14-5-15)6-3-8(12)13-4-7(6)18-10;1-3-4-2/h3-5H,2H2,1H3,(H,14,15);3H2,1-2H3. The lowest BCUT2D eigenvalue weighted by Gasteiger charge is -2.00. The van der Waals surface area contributed by atoms with Gasteiger partial charge in [-0.1, -0.05) is 0 Å². The zero-order valence-corrected chi connectivity index (χ0v) is 14.1. The van der Waals surface area contributed by atoms with E-state index in [9.17, 15) is 9.59 Å². The Morgan fingerprint density at radius 3 is 2.68 bits per heavy atom. The number of fused-ring (bicyclic) bond motifs is 1. The lowest BCUT2D eigenvalue weighted by Crippen LogP contribution is -2.06. The Morgan fingerprint density at radius 1 is 1.45 bits per heavy atom. The maximum absolute atomic E-state index is 11.7. The number of rotatable bonds is 5. The lowest BCUT2D eigenvalue weighted by molar-refractivity contribution is -0.105. The van der Waals surface area contributed by atoms with E-state index in [1.54, 1.807) is 20.1 Å². The molecule has 0 saturated heterocycles. The number of nitrogens with zero attached hydrogens (tertiary/aromatic N) is 1. The first-order valence-corrected chi connectivity index (χ1v) is 7.32. The summed E-state index contributed by atoms with van der Waals surface area (Å²) in [6.07, 6.45) is 1.93. The van der Waals surface area contributed by atoms with Crippen molar-refractivity contribution in [1.29, 1.82) is 0 Å². The molecule has 0 radical (unpaired) electrons. The first-order chi connectivity index (χ1) is 10.6. The highest BCUT2D eigenvalue weighted by molar-refractivity contribution is 9.10. The van der Waals surface area contributed by atoms with Crippen LogP contribution in [0.5, 0.6) is 0 Å². The van der Waals surface area contributed by atoms with Gasteiger partial charge in [0.05, 0.1) is 12.8 Å². The zero-order valence-electron chi connectivity index (χ0n) is 12.5. The van der Waals surface area contributed by atoms with Gasteiger partial charge < -0.3 is 19.2 Å². The van der Waals surface area contributed by atoms with E-state index in [1.807, 2.05) is 6.92 Å². The zero-order chi connectivity index (χ0) is 16.5. The van der Waals surface area contributed by atoms with Crippen molar-refractivity contribution < 1.29 is 23.5 Å². The van der Waals surface area contributed by atoms with Crippen LogP contribution in [0.3, 0.4) is 0 Å². The van der Waals surface area contributed by atoms with Gasteiger partial charge in [-0.25, -0.2) is 9.78 Å². The van der Waals surface area contributed by atoms with Gasteiger partial charge in [0.25, 0.3) is 0 Å². The van der Waals surface area contributed by atoms with Gasteiger partial charge in [-0.15, -0.1) is 0 Å². The van der Waals surface area contributed by atoms with Crippen molar-refractivity contribution in [2.24, 2.45) is 0 Å². The SMILES string of the molecule is CCOC.CCOC(=O)c1oc2cnc(Br)cc2c1NC=O. The van der Waals surface area contributed by atoms with Crippen LogP contribution in [-0.2, 0) is 14.3 Å². The van der Waals surface area contributed by atoms with Crippen LogP contribution in [0.1, 0.15) is 24.4 Å². The third-order valence-electron chi connectivity index (χ3n) is 2.50. The normalized spacial score (nSPS) is 9.82. The number of carbonyl (C=O) groups excluding carboxylic acids is 2. The fourth-order valence-electron chi connectivity index (χ4n) is 1.52. The molecule has 0 atom stereocenters. The van der Waals surface area contributed by atoms with E-state index in [0.717, 1.165) is 6.61 Å². The highest BCUT2D eigenvalue weighted by Crippen LogP contribution is 2.32. The molecule has 2 rings (SSSR count). The number of furan rings is 1. The number of ether oxygens (including phenoxy) is 2. The third-order valence-corrected chi connectivity index (χ3v) is 2.93. The van der Waals surface area contributed by atoms with Gasteiger partial charge >= 0.3 is 5.97 Å². The van der Waals surface area contributed by atoms with Crippen molar-refractivity contribution >= 4 is 45.0 Å². The number of pyridine rings is 1. The van der Waals surface area contributed by atoms with E-state index in [4.69, 9.17) is 9.15 Å². The van der Waals surface area contributed by atoms with Crippen LogP contribution in [0.2, 0.25) is 0 Å². The fraction of sp³-hybridized carbons (Fsp3) is 0.357. The third kappa shape index (κ3) is 4.54. The van der Waals surface area contributed by atoms with Crippen LogP contribution in [0.25, 0.3) is 11.0 Å². The van der Waals surface area contributed by atoms with E-state index in [-0.39, 0.29) is 18.1 Å². The van der Waals surface area contributed by atoms with Crippen molar-refractivity contribution in [2.75, 3.05) is 25.6 Å². The summed E-state index contributed by atoms with van der Waals surface area (Å²) in [6.45, 7) is 4.68. The Kier molecular flexibility index (Phi) is 7.55. The van der Waals surface area contributed by atoms with E-state index in [2.05, 4.69) is 31.0 Å². The van der Waals surface area contributed by atoms with E-state index in [1.165, 1.54) is 6.20 Å². The smallest absolute Gasteiger partial charge is 0.376 e. The summed E-state index contributed by atoms with van der Waals surface area (Å²) in [4.78, 5) is 26.3. The molecule has 22 heavy (non-hydrogen) atoms. The van der Waals surface area contributed by atoms with E-state index in [0.29, 0.717) is 22.0 Å². The quantitative estimate of drug-likeness (QED) is 0.492. The Labute approximate surface area is 136 Å². The molecule has 2 heterocycles. The molecule has 0 fully saturated rings. The maximum atomic E-state index is 11.7. The molecule has 8 heteroatoms. The minimum Gasteiger partial charge on any atom is -0.460 e. The number of anilines is 1. The molecule has 120 valence electrons. The number of hydrogen-bond donors (Lipinski definition) is 1. The van der Waals surface area contributed by atoms with Crippen LogP contribution >= 0.6 is 15.9 Å². The number of halogens is 1. The Hall–Kier alpha value is -1.93. The molecular formula is C14H17BrN2O5. The maximum Gasteiger partial charge on any atom is 0.376 e. The number of hydrogen-bond acceptors (Lipinski definition) is 6. The van der Waals surface area contributed by atoms with E-state index < -0.39 is 5.97 Å². The van der Waals surface area contributed by atoms with Crippen molar-refractivity contribution in [3.63, 3.8) is 0 Å². The minimum atomic E-state index is -0.630. The van der Waals surface area contributed by atoms with Gasteiger partial charge in [0.15, 0.2) is 5.58 Å². The molecule has 0 aliphatic carbocycles. The van der Waals surface area contributed by atoms with Crippen molar-refractivity contribution in [1.82, 2.24) is 4.98 Å². The summed E-state index contributed by atoms with van der Waals surface area (Å²) < 4.78 is 15.3. The predicted molar refractivity (Wildman–Crippen MR) is 84.9 cm³/mol. The Morgan fingerprint density at radius 2 is 2.14 bits per heavy atom. The minimum absolute atomic E-state index is 0.0427. The number of amides is 1. The highest BCUT2D eigenvalue weighted by atomic mass is 79.9. The molecule has 2 aromatic heterocycles. The second-order valence-electron chi connectivity index (χ2n) is 3.87. The van der Waals surface area contributed by atoms with Crippen LogP contribution < -0.4 is 5.32 Å². The highest BCUT2D eigenvalue weighted by Gasteiger charge is 2.22. The van der Waals surface area contributed by atoms with E-state index >= 15 is 0 Å². The molecule has 0 aliphatic heterocycles. The average Bonchev–Trinajstić information content (AvgIpc) is 2.86. The second-order valence-corrected chi connectivity index (χ2v) is 4.68. The van der Waals surface area contributed by atoms with Crippen LogP contribution in [0.4, 0.5) is 5.69 Å². The summed E-state index contributed by atoms with van der Waals surface area (Å²) in [5, 5.41) is 3.02. The Balaban J connectivity index is 0.000000541. The summed E-state index contributed by atoms with van der Waals surface area (Å²) in [6, 6.07) is 1.65. The molecule has 0 spiro atoms. The summed E-state index contributed by atoms with van der Waals surface area (Å²) in [5.41, 5.74) is 0.673. The topological polar surface area (TPSA) is 90.7 Å². The molecule has 1 amide bonds. The largest absolute Gasteiger partial charge is 0.460 e. The number of esters is 1. The molecule has 0 saturated carbocycles. The molecule has 0 unspecified atom stereocenters. The van der Waals surface area contributed by atoms with Gasteiger partial charge in [-0.3, -0.25) is 4.79 Å². The molecule has 0 bridgehead atoms. The summed E-state index contributed by atoms with van der Waals surface area (Å²) >= 11 is 3.21. The van der Waals surface area contributed by atoms with Crippen LogP contribution in [0, 0.1) is 0 Å². The van der Waals surface area contributed by atoms with Gasteiger partial charge in [-0.05, 0) is 35.8 Å². The van der Waals surface area contributed by atoms with Gasteiger partial charge in [0.2, 0.25) is 12.2 Å².